The normalized spacial score (nSPS) is 13.3. The van der Waals surface area contributed by atoms with Gasteiger partial charge in [-0.25, -0.2) is 0 Å². The third-order valence-corrected chi connectivity index (χ3v) is 5.35. The van der Waals surface area contributed by atoms with Gasteiger partial charge in [-0.05, 0) is 73.7 Å². The smallest absolute Gasteiger partial charge is 0.317 e. The van der Waals surface area contributed by atoms with Crippen molar-refractivity contribution in [1.29, 1.82) is 5.26 Å². The van der Waals surface area contributed by atoms with Gasteiger partial charge < -0.3 is 10.1 Å². The number of rotatable bonds is 6. The molecule has 1 atom stereocenters. The van der Waals surface area contributed by atoms with E-state index < -0.39 is 18.0 Å². The van der Waals surface area contributed by atoms with Crippen molar-refractivity contribution in [3.63, 3.8) is 0 Å². The Morgan fingerprint density at radius 3 is 2.67 bits per heavy atom. The maximum absolute atomic E-state index is 12.1. The molecule has 2 aromatic rings. The summed E-state index contributed by atoms with van der Waals surface area (Å²) in [5.74, 6) is -0.675. The van der Waals surface area contributed by atoms with E-state index in [1.54, 1.807) is 24.3 Å². The molecule has 138 valence electrons. The Morgan fingerprint density at radius 1 is 1.19 bits per heavy atom. The van der Waals surface area contributed by atoms with Gasteiger partial charge in [-0.2, -0.15) is 5.26 Å². The molecule has 1 aliphatic rings. The molecule has 2 aromatic carbocycles. The van der Waals surface area contributed by atoms with Crippen LogP contribution >= 0.6 is 11.8 Å². The number of fused-ring (bicyclic) bond motifs is 1. The highest BCUT2D eigenvalue weighted by molar-refractivity contribution is 8.00. The monoisotopic (exact) mass is 380 g/mol. The Balaban J connectivity index is 1.46. The molecule has 0 spiro atoms. The predicted octanol–water partition coefficient (Wildman–Crippen LogP) is 3.71. The first-order chi connectivity index (χ1) is 13.0. The number of benzene rings is 2. The Morgan fingerprint density at radius 2 is 1.93 bits per heavy atom. The number of amides is 1. The van der Waals surface area contributed by atoms with Gasteiger partial charge in [0.1, 0.15) is 0 Å². The lowest BCUT2D eigenvalue weighted by Gasteiger charge is -2.13. The van der Waals surface area contributed by atoms with Crippen molar-refractivity contribution in [2.75, 3.05) is 11.1 Å². The molecule has 6 heteroatoms. The molecule has 1 amide bonds. The molecule has 1 N–H and O–H groups in total. The quantitative estimate of drug-likeness (QED) is 0.610. The number of anilines is 1. The van der Waals surface area contributed by atoms with Crippen molar-refractivity contribution < 1.29 is 14.3 Å². The van der Waals surface area contributed by atoms with Gasteiger partial charge >= 0.3 is 5.97 Å². The number of nitrogens with one attached hydrogen (secondary N) is 1. The zero-order valence-electron chi connectivity index (χ0n) is 15.0. The summed E-state index contributed by atoms with van der Waals surface area (Å²) < 4.78 is 5.22. The van der Waals surface area contributed by atoms with Gasteiger partial charge in [-0.1, -0.05) is 6.07 Å². The summed E-state index contributed by atoms with van der Waals surface area (Å²) >= 11 is 1.42. The van der Waals surface area contributed by atoms with Crippen molar-refractivity contribution in [1.82, 2.24) is 0 Å². The maximum atomic E-state index is 12.1. The van der Waals surface area contributed by atoms with Crippen molar-refractivity contribution in [2.24, 2.45) is 0 Å². The molecule has 0 aromatic heterocycles. The summed E-state index contributed by atoms with van der Waals surface area (Å²) in [6, 6.07) is 14.8. The fourth-order valence-electron chi connectivity index (χ4n) is 2.94. The second-order valence-corrected chi connectivity index (χ2v) is 7.43. The number of esters is 1. The molecule has 0 saturated heterocycles. The molecule has 5 nitrogen and oxygen atoms in total. The third-order valence-electron chi connectivity index (χ3n) is 4.39. The Kier molecular flexibility index (Phi) is 6.15. The first-order valence-electron chi connectivity index (χ1n) is 8.80. The number of nitriles is 1. The zero-order chi connectivity index (χ0) is 19.2. The van der Waals surface area contributed by atoms with Gasteiger partial charge in [-0.15, -0.1) is 11.8 Å². The van der Waals surface area contributed by atoms with Crippen LogP contribution in [0.15, 0.2) is 47.4 Å². The van der Waals surface area contributed by atoms with E-state index in [4.69, 9.17) is 10.00 Å². The van der Waals surface area contributed by atoms with Crippen molar-refractivity contribution in [3.05, 3.63) is 59.2 Å². The lowest BCUT2D eigenvalue weighted by Crippen LogP contribution is -2.30. The van der Waals surface area contributed by atoms with Crippen LogP contribution in [0.25, 0.3) is 0 Å². The van der Waals surface area contributed by atoms with E-state index in [0.717, 1.165) is 17.7 Å². The average Bonchev–Trinajstić information content (AvgIpc) is 3.14. The van der Waals surface area contributed by atoms with Gasteiger partial charge in [0.15, 0.2) is 6.10 Å². The topological polar surface area (TPSA) is 79.2 Å². The summed E-state index contributed by atoms with van der Waals surface area (Å²) in [6.07, 6.45) is 2.53. The average molecular weight is 380 g/mol. The molecule has 27 heavy (non-hydrogen) atoms. The van der Waals surface area contributed by atoms with E-state index in [1.807, 2.05) is 12.1 Å². The predicted molar refractivity (Wildman–Crippen MR) is 105 cm³/mol. The molecule has 0 bridgehead atoms. The highest BCUT2D eigenvalue weighted by atomic mass is 32.2. The fourth-order valence-corrected chi connectivity index (χ4v) is 3.68. The van der Waals surface area contributed by atoms with E-state index in [0.29, 0.717) is 11.3 Å². The second kappa shape index (κ2) is 8.74. The van der Waals surface area contributed by atoms with Crippen LogP contribution in [0, 0.1) is 11.3 Å². The number of nitrogens with zero attached hydrogens (tertiary/aromatic N) is 1. The number of ether oxygens (including phenoxy) is 1. The molecule has 0 saturated carbocycles. The molecule has 3 rings (SSSR count). The number of aryl methyl sites for hydroxylation is 2. The summed E-state index contributed by atoms with van der Waals surface area (Å²) in [4.78, 5) is 25.2. The summed E-state index contributed by atoms with van der Waals surface area (Å²) in [6.45, 7) is 1.54. The van der Waals surface area contributed by atoms with E-state index in [2.05, 4.69) is 17.4 Å². The van der Waals surface area contributed by atoms with Crippen molar-refractivity contribution in [3.8, 4) is 6.07 Å². The molecular weight excluding hydrogens is 360 g/mol. The molecule has 0 radical (unpaired) electrons. The van der Waals surface area contributed by atoms with Crippen LogP contribution in [0.4, 0.5) is 5.69 Å². The van der Waals surface area contributed by atoms with Crippen LogP contribution in [0.2, 0.25) is 0 Å². The number of carbonyl (C=O) groups is 2. The van der Waals surface area contributed by atoms with Crippen LogP contribution in [-0.4, -0.2) is 23.7 Å². The minimum Gasteiger partial charge on any atom is -0.452 e. The van der Waals surface area contributed by atoms with E-state index in [-0.39, 0.29) is 5.75 Å². The minimum absolute atomic E-state index is 0.160. The summed E-state index contributed by atoms with van der Waals surface area (Å²) in [5.41, 5.74) is 3.82. The Hall–Kier alpha value is -2.78. The third kappa shape index (κ3) is 5.11. The van der Waals surface area contributed by atoms with Gasteiger partial charge in [-0.3, -0.25) is 9.59 Å². The molecule has 0 heterocycles. The van der Waals surface area contributed by atoms with Gasteiger partial charge in [0, 0.05) is 10.6 Å². The molecule has 0 unspecified atom stereocenters. The lowest BCUT2D eigenvalue weighted by atomic mass is 10.1. The summed E-state index contributed by atoms with van der Waals surface area (Å²) in [7, 11) is 0. The molecule has 0 aliphatic heterocycles. The largest absolute Gasteiger partial charge is 0.452 e. The highest BCUT2D eigenvalue weighted by Gasteiger charge is 2.18. The SMILES string of the molecule is C[C@@H](OC(=O)CSc1ccc2c(c1)CCC2)C(=O)Nc1ccc(C#N)cc1. The first-order valence-corrected chi connectivity index (χ1v) is 9.79. The summed E-state index contributed by atoms with van der Waals surface area (Å²) in [5, 5.41) is 11.4. The standard InChI is InChI=1S/C21H20N2O3S/c1-14(21(25)23-18-8-5-15(12-22)6-9-18)26-20(24)13-27-19-10-7-16-3-2-4-17(16)11-19/h5-11,14H,2-4,13H2,1H3,(H,23,25)/t14-/m1/s1. The second-order valence-electron chi connectivity index (χ2n) is 6.38. The minimum atomic E-state index is -0.895. The van der Waals surface area contributed by atoms with Crippen LogP contribution in [0.1, 0.15) is 30.0 Å². The first kappa shape index (κ1) is 19.0. The highest BCUT2D eigenvalue weighted by Crippen LogP contribution is 2.27. The van der Waals surface area contributed by atoms with E-state index in [9.17, 15) is 9.59 Å². The Bertz CT molecular complexity index is 887. The Labute approximate surface area is 162 Å². The molecule has 0 fully saturated rings. The fraction of sp³-hybridized carbons (Fsp3) is 0.286. The van der Waals surface area contributed by atoms with E-state index >= 15 is 0 Å². The number of thioether (sulfide) groups is 1. The van der Waals surface area contributed by atoms with Crippen molar-refractivity contribution in [2.45, 2.75) is 37.2 Å². The van der Waals surface area contributed by atoms with Crippen molar-refractivity contribution >= 4 is 29.3 Å². The van der Waals surface area contributed by atoms with Crippen LogP contribution in [0.3, 0.4) is 0 Å². The van der Waals surface area contributed by atoms with Crippen LogP contribution in [-0.2, 0) is 27.2 Å². The van der Waals surface area contributed by atoms with Crippen LogP contribution in [0.5, 0.6) is 0 Å². The van der Waals surface area contributed by atoms with Gasteiger partial charge in [0.25, 0.3) is 5.91 Å². The maximum Gasteiger partial charge on any atom is 0.317 e. The number of hydrogen-bond donors (Lipinski definition) is 1. The van der Waals surface area contributed by atoms with Gasteiger partial charge in [0.2, 0.25) is 0 Å². The van der Waals surface area contributed by atoms with E-state index in [1.165, 1.54) is 36.2 Å². The van der Waals surface area contributed by atoms with Crippen LogP contribution < -0.4 is 5.32 Å². The zero-order valence-corrected chi connectivity index (χ0v) is 15.8. The molecule has 1 aliphatic carbocycles. The number of carbonyl (C=O) groups excluding carboxylic acids is 2. The lowest BCUT2D eigenvalue weighted by molar-refractivity contribution is -0.150. The number of hydrogen-bond acceptors (Lipinski definition) is 5. The molecular formula is C21H20N2O3S. The van der Waals surface area contributed by atoms with Gasteiger partial charge in [0.05, 0.1) is 17.4 Å².